The summed E-state index contributed by atoms with van der Waals surface area (Å²) in [6, 6.07) is 7.24. The molecule has 0 unspecified atom stereocenters. The highest BCUT2D eigenvalue weighted by atomic mass is 35.5. The van der Waals surface area contributed by atoms with Crippen LogP contribution in [-0.4, -0.2) is 49.6 Å². The average Bonchev–Trinajstić information content (AvgIpc) is 2.56. The van der Waals surface area contributed by atoms with Crippen LogP contribution in [0.3, 0.4) is 0 Å². The number of amides is 2. The van der Waals surface area contributed by atoms with Gasteiger partial charge in [0.05, 0.1) is 0 Å². The van der Waals surface area contributed by atoms with Crippen molar-refractivity contribution in [1.29, 1.82) is 0 Å². The van der Waals surface area contributed by atoms with Gasteiger partial charge in [0.1, 0.15) is 6.54 Å². The molecule has 5 nitrogen and oxygen atoms in total. The Morgan fingerprint density at radius 3 is 2.83 bits per heavy atom. The average molecular weight is 353 g/mol. The topological polar surface area (TPSA) is 49.9 Å². The van der Waals surface area contributed by atoms with Crippen LogP contribution in [0.4, 0.5) is 5.69 Å². The minimum Gasteiger partial charge on any atom is -0.385 e. The van der Waals surface area contributed by atoms with Crippen molar-refractivity contribution in [1.82, 2.24) is 4.90 Å². The number of nitrogens with zero attached hydrogens (tertiary/aromatic N) is 2. The fourth-order valence-electron chi connectivity index (χ4n) is 2.92. The number of hydrogen-bond donors (Lipinski definition) is 0. The Labute approximate surface area is 148 Å². The second kappa shape index (κ2) is 9.04. The molecule has 1 atom stereocenters. The molecule has 0 spiro atoms. The summed E-state index contributed by atoms with van der Waals surface area (Å²) in [4.78, 5) is 28.2. The van der Waals surface area contributed by atoms with Gasteiger partial charge in [-0.25, -0.2) is 0 Å². The van der Waals surface area contributed by atoms with Crippen LogP contribution in [0.5, 0.6) is 0 Å². The van der Waals surface area contributed by atoms with Crippen molar-refractivity contribution in [2.45, 2.75) is 38.6 Å². The van der Waals surface area contributed by atoms with E-state index in [0.29, 0.717) is 18.0 Å². The van der Waals surface area contributed by atoms with Crippen molar-refractivity contribution in [2.24, 2.45) is 0 Å². The fourth-order valence-corrected chi connectivity index (χ4v) is 3.11. The van der Waals surface area contributed by atoms with E-state index in [1.807, 2.05) is 19.1 Å². The Balaban J connectivity index is 1.90. The minimum atomic E-state index is -0.0666. The number of rotatable bonds is 7. The fraction of sp³-hybridized carbons (Fsp3) is 0.556. The molecule has 1 heterocycles. The van der Waals surface area contributed by atoms with Gasteiger partial charge in [0.15, 0.2) is 0 Å². The molecule has 0 aliphatic carbocycles. The maximum absolute atomic E-state index is 12.5. The Morgan fingerprint density at radius 2 is 2.12 bits per heavy atom. The molecule has 0 radical (unpaired) electrons. The maximum Gasteiger partial charge on any atom is 0.246 e. The smallest absolute Gasteiger partial charge is 0.246 e. The molecule has 1 aromatic rings. The Kier molecular flexibility index (Phi) is 7.06. The van der Waals surface area contributed by atoms with Gasteiger partial charge in [-0.3, -0.25) is 9.59 Å². The number of ether oxygens (including phenoxy) is 1. The van der Waals surface area contributed by atoms with Crippen molar-refractivity contribution in [3.63, 3.8) is 0 Å². The van der Waals surface area contributed by atoms with Crippen LogP contribution in [-0.2, 0) is 14.3 Å². The molecular formula is C18H25ClN2O3. The van der Waals surface area contributed by atoms with E-state index < -0.39 is 0 Å². The van der Waals surface area contributed by atoms with Crippen LogP contribution in [0.15, 0.2) is 24.3 Å². The normalized spacial score (nSPS) is 18.1. The zero-order chi connectivity index (χ0) is 17.5. The number of carbonyl (C=O) groups excluding carboxylic acids is 2. The van der Waals surface area contributed by atoms with E-state index >= 15 is 0 Å². The van der Waals surface area contributed by atoms with Crippen LogP contribution in [0.1, 0.15) is 32.6 Å². The van der Waals surface area contributed by atoms with Gasteiger partial charge in [-0.2, -0.15) is 0 Å². The second-order valence-electron chi connectivity index (χ2n) is 6.16. The standard InChI is InChI=1S/C18H25ClN2O3/c1-14-12-21(16-8-6-7-15(19)11-16)18(23)13-20(14)17(22)9-4-3-5-10-24-2/h6-8,11,14H,3-5,9-10,12-13H2,1-2H3/t14-/m1/s1. The van der Waals surface area contributed by atoms with Gasteiger partial charge in [0, 0.05) is 43.4 Å². The first-order valence-electron chi connectivity index (χ1n) is 8.37. The highest BCUT2D eigenvalue weighted by Crippen LogP contribution is 2.23. The number of methoxy groups -OCH3 is 1. The molecule has 132 valence electrons. The molecule has 1 aliphatic heterocycles. The van der Waals surface area contributed by atoms with Crippen molar-refractivity contribution in [2.75, 3.05) is 31.7 Å². The highest BCUT2D eigenvalue weighted by molar-refractivity contribution is 6.30. The summed E-state index contributed by atoms with van der Waals surface area (Å²) in [5, 5.41) is 0.600. The lowest BCUT2D eigenvalue weighted by Gasteiger charge is -2.39. The van der Waals surface area contributed by atoms with Crippen molar-refractivity contribution in [3.8, 4) is 0 Å². The largest absolute Gasteiger partial charge is 0.385 e. The predicted octanol–water partition coefficient (Wildman–Crippen LogP) is 3.11. The number of anilines is 1. The van der Waals surface area contributed by atoms with Crippen molar-refractivity contribution < 1.29 is 14.3 Å². The van der Waals surface area contributed by atoms with E-state index in [2.05, 4.69) is 0 Å². The third kappa shape index (κ3) is 4.95. The summed E-state index contributed by atoms with van der Waals surface area (Å²) in [6.45, 7) is 3.33. The van der Waals surface area contributed by atoms with E-state index in [4.69, 9.17) is 16.3 Å². The van der Waals surface area contributed by atoms with Crippen LogP contribution in [0.25, 0.3) is 0 Å². The molecule has 1 fully saturated rings. The van der Waals surface area contributed by atoms with Gasteiger partial charge in [-0.1, -0.05) is 24.1 Å². The molecule has 24 heavy (non-hydrogen) atoms. The summed E-state index contributed by atoms with van der Waals surface area (Å²) in [5.74, 6) is -0.0119. The predicted molar refractivity (Wildman–Crippen MR) is 95.3 cm³/mol. The molecule has 1 saturated heterocycles. The Bertz CT molecular complexity index is 579. The van der Waals surface area contributed by atoms with E-state index in [1.165, 1.54) is 0 Å². The van der Waals surface area contributed by atoms with Gasteiger partial charge >= 0.3 is 0 Å². The van der Waals surface area contributed by atoms with Crippen LogP contribution < -0.4 is 4.90 Å². The first kappa shape index (κ1) is 18.7. The minimum absolute atomic E-state index is 0.00634. The molecule has 6 heteroatoms. The van der Waals surface area contributed by atoms with Crippen molar-refractivity contribution >= 4 is 29.1 Å². The molecule has 2 amide bonds. The van der Waals surface area contributed by atoms with Gasteiger partial charge in [0.2, 0.25) is 11.8 Å². The van der Waals surface area contributed by atoms with Crippen LogP contribution in [0, 0.1) is 0 Å². The van der Waals surface area contributed by atoms with Gasteiger partial charge < -0.3 is 14.5 Å². The number of piperazine rings is 1. The quantitative estimate of drug-likeness (QED) is 0.708. The zero-order valence-electron chi connectivity index (χ0n) is 14.3. The first-order valence-corrected chi connectivity index (χ1v) is 8.75. The third-order valence-electron chi connectivity index (χ3n) is 4.26. The molecule has 0 N–H and O–H groups in total. The van der Waals surface area contributed by atoms with Crippen molar-refractivity contribution in [3.05, 3.63) is 29.3 Å². The molecule has 0 bridgehead atoms. The SMILES string of the molecule is COCCCCCC(=O)N1CC(=O)N(c2cccc(Cl)c2)C[C@H]1C. The Morgan fingerprint density at radius 1 is 1.33 bits per heavy atom. The van der Waals surface area contributed by atoms with Gasteiger partial charge in [-0.15, -0.1) is 0 Å². The molecule has 1 aliphatic rings. The number of hydrogen-bond acceptors (Lipinski definition) is 3. The summed E-state index contributed by atoms with van der Waals surface area (Å²) in [6.07, 6.45) is 3.24. The summed E-state index contributed by atoms with van der Waals surface area (Å²) >= 11 is 6.01. The van der Waals surface area contributed by atoms with E-state index in [1.54, 1.807) is 29.0 Å². The number of halogens is 1. The second-order valence-corrected chi connectivity index (χ2v) is 6.59. The zero-order valence-corrected chi connectivity index (χ0v) is 15.1. The Hall–Kier alpha value is -1.59. The molecule has 2 rings (SSSR count). The summed E-state index contributed by atoms with van der Waals surface area (Å²) in [7, 11) is 1.68. The number of carbonyl (C=O) groups is 2. The summed E-state index contributed by atoms with van der Waals surface area (Å²) in [5.41, 5.74) is 0.783. The molecule has 0 aromatic heterocycles. The van der Waals surface area contributed by atoms with Crippen LogP contribution in [0.2, 0.25) is 5.02 Å². The number of unbranched alkanes of at least 4 members (excludes halogenated alkanes) is 2. The van der Waals surface area contributed by atoms with Gasteiger partial charge in [-0.05, 0) is 38.0 Å². The molecule has 0 saturated carbocycles. The monoisotopic (exact) mass is 352 g/mol. The lowest BCUT2D eigenvalue weighted by atomic mass is 10.1. The van der Waals surface area contributed by atoms with Crippen LogP contribution >= 0.6 is 11.6 Å². The first-order chi connectivity index (χ1) is 11.5. The van der Waals surface area contributed by atoms with Gasteiger partial charge in [0.25, 0.3) is 0 Å². The third-order valence-corrected chi connectivity index (χ3v) is 4.50. The molecular weight excluding hydrogens is 328 g/mol. The lowest BCUT2D eigenvalue weighted by Crippen LogP contribution is -2.57. The molecule has 1 aromatic carbocycles. The van der Waals surface area contributed by atoms with E-state index in [-0.39, 0.29) is 24.4 Å². The lowest BCUT2D eigenvalue weighted by molar-refractivity contribution is -0.139. The van der Waals surface area contributed by atoms with E-state index in [0.717, 1.165) is 31.6 Å². The summed E-state index contributed by atoms with van der Waals surface area (Å²) < 4.78 is 5.00. The highest BCUT2D eigenvalue weighted by Gasteiger charge is 2.32. The van der Waals surface area contributed by atoms with E-state index in [9.17, 15) is 9.59 Å². The number of benzene rings is 1. The maximum atomic E-state index is 12.5.